The molecular weight excluding hydrogens is 395 g/mol. The lowest BCUT2D eigenvalue weighted by atomic mass is 10.2. The molecule has 0 aliphatic carbocycles. The van der Waals surface area contributed by atoms with Gasteiger partial charge in [0.05, 0.1) is 11.8 Å². The van der Waals surface area contributed by atoms with E-state index in [1.165, 1.54) is 6.20 Å². The molecule has 1 amide bonds. The largest absolute Gasteiger partial charge is 0.324 e. The van der Waals surface area contributed by atoms with Crippen molar-refractivity contribution < 1.29 is 4.79 Å². The number of rotatable bonds is 4. The molecule has 0 atom stereocenters. The first-order valence-corrected chi connectivity index (χ1v) is 7.44. The summed E-state index contributed by atoms with van der Waals surface area (Å²) in [4.78, 5) is 20.2. The van der Waals surface area contributed by atoms with Crippen LogP contribution >= 0.6 is 22.6 Å². The van der Waals surface area contributed by atoms with Gasteiger partial charge in [-0.1, -0.05) is 0 Å². The van der Waals surface area contributed by atoms with Crippen LogP contribution in [0.5, 0.6) is 0 Å². The zero-order valence-corrected chi connectivity index (χ0v) is 13.4. The number of aromatic amines is 1. The van der Waals surface area contributed by atoms with Crippen molar-refractivity contribution in [3.8, 4) is 0 Å². The lowest BCUT2D eigenvalue weighted by molar-refractivity contribution is 0.102. The zero-order valence-electron chi connectivity index (χ0n) is 11.2. The molecule has 8 heteroatoms. The molecule has 0 saturated heterocycles. The summed E-state index contributed by atoms with van der Waals surface area (Å²) in [6, 6.07) is 9.03. The standard InChI is InChI=1S/C14H11IN6O/c15-12-11(8-18-21-12)13(22)19-9-2-4-10(5-3-9)20-14-16-6-1-7-17-14/h1-8H,(H,18,21)(H,19,22)(H,16,17,20). The summed E-state index contributed by atoms with van der Waals surface area (Å²) < 4.78 is 0.703. The fraction of sp³-hybridized carbons (Fsp3) is 0. The maximum Gasteiger partial charge on any atom is 0.259 e. The van der Waals surface area contributed by atoms with Crippen molar-refractivity contribution in [2.45, 2.75) is 0 Å². The lowest BCUT2D eigenvalue weighted by Gasteiger charge is -2.07. The third-order valence-corrected chi connectivity index (χ3v) is 3.62. The van der Waals surface area contributed by atoms with Crippen LogP contribution in [0.3, 0.4) is 0 Å². The molecule has 0 aliphatic rings. The van der Waals surface area contributed by atoms with Crippen molar-refractivity contribution in [3.05, 3.63) is 58.2 Å². The van der Waals surface area contributed by atoms with Gasteiger partial charge in [0.15, 0.2) is 0 Å². The Balaban J connectivity index is 1.67. The number of hydrogen-bond acceptors (Lipinski definition) is 5. The number of amides is 1. The van der Waals surface area contributed by atoms with Crippen molar-refractivity contribution in [3.63, 3.8) is 0 Å². The highest BCUT2D eigenvalue weighted by Gasteiger charge is 2.11. The van der Waals surface area contributed by atoms with E-state index in [0.717, 1.165) is 5.69 Å². The fourth-order valence-corrected chi connectivity index (χ4v) is 2.28. The van der Waals surface area contributed by atoms with Crippen LogP contribution in [0.15, 0.2) is 48.9 Å². The van der Waals surface area contributed by atoms with Crippen LogP contribution in [0.1, 0.15) is 10.4 Å². The molecule has 3 rings (SSSR count). The van der Waals surface area contributed by atoms with Crippen molar-refractivity contribution in [1.82, 2.24) is 20.2 Å². The number of nitrogens with one attached hydrogen (secondary N) is 3. The first-order valence-electron chi connectivity index (χ1n) is 6.37. The molecule has 0 radical (unpaired) electrons. The number of hydrogen-bond donors (Lipinski definition) is 3. The van der Waals surface area contributed by atoms with Crippen LogP contribution in [0.4, 0.5) is 17.3 Å². The number of anilines is 3. The number of halogens is 1. The molecule has 110 valence electrons. The highest BCUT2D eigenvalue weighted by atomic mass is 127. The third-order valence-electron chi connectivity index (χ3n) is 2.80. The summed E-state index contributed by atoms with van der Waals surface area (Å²) in [6.45, 7) is 0. The minimum absolute atomic E-state index is 0.203. The number of aromatic nitrogens is 4. The minimum atomic E-state index is -0.203. The fourth-order valence-electron chi connectivity index (χ4n) is 1.76. The van der Waals surface area contributed by atoms with E-state index in [-0.39, 0.29) is 5.91 Å². The summed E-state index contributed by atoms with van der Waals surface area (Å²) in [5.41, 5.74) is 2.05. The minimum Gasteiger partial charge on any atom is -0.324 e. The van der Waals surface area contributed by atoms with Crippen molar-refractivity contribution in [2.24, 2.45) is 0 Å². The second-order valence-electron chi connectivity index (χ2n) is 4.33. The molecule has 0 aliphatic heterocycles. The molecule has 2 heterocycles. The molecule has 2 aromatic heterocycles. The summed E-state index contributed by atoms with van der Waals surface area (Å²) in [7, 11) is 0. The molecule has 3 N–H and O–H groups in total. The smallest absolute Gasteiger partial charge is 0.259 e. The molecule has 0 fully saturated rings. The van der Waals surface area contributed by atoms with Gasteiger partial charge in [0.2, 0.25) is 5.95 Å². The highest BCUT2D eigenvalue weighted by Crippen LogP contribution is 2.17. The summed E-state index contributed by atoms with van der Waals surface area (Å²) in [5.74, 6) is 0.317. The van der Waals surface area contributed by atoms with Crippen LogP contribution in [0.2, 0.25) is 0 Å². The van der Waals surface area contributed by atoms with Crippen molar-refractivity contribution in [2.75, 3.05) is 10.6 Å². The molecule has 3 aromatic rings. The average molecular weight is 406 g/mol. The summed E-state index contributed by atoms with van der Waals surface area (Å²) in [5, 5.41) is 12.4. The van der Waals surface area contributed by atoms with Gasteiger partial charge in [0, 0.05) is 23.8 Å². The van der Waals surface area contributed by atoms with E-state index < -0.39 is 0 Å². The van der Waals surface area contributed by atoms with Crippen LogP contribution in [0.25, 0.3) is 0 Å². The zero-order chi connectivity index (χ0) is 15.4. The predicted octanol–water partition coefficient (Wildman–Crippen LogP) is 2.80. The first kappa shape index (κ1) is 14.4. The number of carbonyl (C=O) groups is 1. The molecule has 0 unspecified atom stereocenters. The van der Waals surface area contributed by atoms with Crippen LogP contribution in [0, 0.1) is 3.70 Å². The maximum absolute atomic E-state index is 12.1. The van der Waals surface area contributed by atoms with E-state index in [2.05, 4.69) is 30.8 Å². The molecular formula is C14H11IN6O. The Hall–Kier alpha value is -2.49. The van der Waals surface area contributed by atoms with E-state index >= 15 is 0 Å². The van der Waals surface area contributed by atoms with Gasteiger partial charge in [-0.3, -0.25) is 9.89 Å². The Morgan fingerprint density at radius 2 is 1.77 bits per heavy atom. The van der Waals surface area contributed by atoms with E-state index in [0.29, 0.717) is 20.9 Å². The number of carbonyl (C=O) groups excluding carboxylic acids is 1. The Kier molecular flexibility index (Phi) is 4.28. The second-order valence-corrected chi connectivity index (χ2v) is 5.41. The maximum atomic E-state index is 12.1. The third kappa shape index (κ3) is 3.39. The van der Waals surface area contributed by atoms with Gasteiger partial charge < -0.3 is 10.6 Å². The second kappa shape index (κ2) is 6.52. The molecule has 0 saturated carbocycles. The van der Waals surface area contributed by atoms with E-state index in [9.17, 15) is 4.79 Å². The summed E-state index contributed by atoms with van der Waals surface area (Å²) >= 11 is 2.03. The van der Waals surface area contributed by atoms with Crippen molar-refractivity contribution >= 4 is 45.8 Å². The predicted molar refractivity (Wildman–Crippen MR) is 91.0 cm³/mol. The van der Waals surface area contributed by atoms with Gasteiger partial charge in [-0.25, -0.2) is 9.97 Å². The van der Waals surface area contributed by atoms with E-state index in [1.807, 2.05) is 34.7 Å². The molecule has 22 heavy (non-hydrogen) atoms. The van der Waals surface area contributed by atoms with Gasteiger partial charge in [0.1, 0.15) is 3.70 Å². The Labute approximate surface area is 139 Å². The highest BCUT2D eigenvalue weighted by molar-refractivity contribution is 14.1. The number of benzene rings is 1. The van der Waals surface area contributed by atoms with Gasteiger partial charge >= 0.3 is 0 Å². The molecule has 1 aromatic carbocycles. The number of H-pyrrole nitrogens is 1. The van der Waals surface area contributed by atoms with Crippen LogP contribution in [-0.2, 0) is 0 Å². The molecule has 7 nitrogen and oxygen atoms in total. The van der Waals surface area contributed by atoms with Gasteiger partial charge in [-0.15, -0.1) is 0 Å². The normalized spacial score (nSPS) is 10.2. The Bertz CT molecular complexity index is 772. The first-order chi connectivity index (χ1) is 10.7. The Morgan fingerprint density at radius 3 is 2.41 bits per heavy atom. The van der Waals surface area contributed by atoms with Crippen LogP contribution < -0.4 is 10.6 Å². The monoisotopic (exact) mass is 406 g/mol. The SMILES string of the molecule is O=C(Nc1ccc(Nc2ncccn2)cc1)c1cn[nH]c1I. The van der Waals surface area contributed by atoms with Gasteiger partial charge in [-0.05, 0) is 52.9 Å². The summed E-state index contributed by atoms with van der Waals surface area (Å²) in [6.07, 6.45) is 4.83. The number of nitrogens with zero attached hydrogens (tertiary/aromatic N) is 3. The van der Waals surface area contributed by atoms with Gasteiger partial charge in [-0.2, -0.15) is 5.10 Å². The van der Waals surface area contributed by atoms with Crippen molar-refractivity contribution in [1.29, 1.82) is 0 Å². The van der Waals surface area contributed by atoms with E-state index in [4.69, 9.17) is 0 Å². The average Bonchev–Trinajstić information content (AvgIpc) is 2.96. The topological polar surface area (TPSA) is 95.6 Å². The molecule has 0 spiro atoms. The van der Waals surface area contributed by atoms with Gasteiger partial charge in [0.25, 0.3) is 5.91 Å². The lowest BCUT2D eigenvalue weighted by Crippen LogP contribution is -2.12. The Morgan fingerprint density at radius 1 is 1.09 bits per heavy atom. The quantitative estimate of drug-likeness (QED) is 0.580. The molecule has 0 bridgehead atoms. The van der Waals surface area contributed by atoms with Crippen LogP contribution in [-0.4, -0.2) is 26.1 Å². The van der Waals surface area contributed by atoms with E-state index in [1.54, 1.807) is 30.6 Å².